The molecule has 0 saturated heterocycles. The number of hydrogen-bond donors (Lipinski definition) is 2. The molecular weight excluding hydrogens is 300 g/mol. The maximum atomic E-state index is 9.82. The van der Waals surface area contributed by atoms with Crippen LogP contribution < -0.4 is 5.32 Å². The molecule has 1 aromatic heterocycles. The first-order valence-corrected chi connectivity index (χ1v) is 8.41. The molecule has 5 heteroatoms. The van der Waals surface area contributed by atoms with Gasteiger partial charge in [-0.25, -0.2) is 4.98 Å². The van der Waals surface area contributed by atoms with Gasteiger partial charge in [-0.1, -0.05) is 24.3 Å². The molecule has 0 bridgehead atoms. The summed E-state index contributed by atoms with van der Waals surface area (Å²) in [5.41, 5.74) is 4.44. The molecule has 2 aliphatic heterocycles. The minimum atomic E-state index is 0.174. The SMILES string of the molecule is C/N=C/c1nc(CN2CCC3=C(C2)NC2C=CC=CC32)ccc1O. The number of fused-ring (bicyclic) bond motifs is 2. The number of aromatic hydroxyl groups is 1. The summed E-state index contributed by atoms with van der Waals surface area (Å²) in [7, 11) is 1.68. The molecule has 0 amide bonds. The largest absolute Gasteiger partial charge is 0.506 e. The summed E-state index contributed by atoms with van der Waals surface area (Å²) < 4.78 is 0. The summed E-state index contributed by atoms with van der Waals surface area (Å²) in [6.45, 7) is 2.76. The zero-order valence-electron chi connectivity index (χ0n) is 13.8. The lowest BCUT2D eigenvalue weighted by atomic mass is 9.88. The van der Waals surface area contributed by atoms with Crippen LogP contribution in [-0.4, -0.2) is 47.4 Å². The van der Waals surface area contributed by atoms with Gasteiger partial charge in [0.2, 0.25) is 0 Å². The fraction of sp³-hybridized carbons (Fsp3) is 0.368. The number of pyridine rings is 1. The number of aromatic nitrogens is 1. The van der Waals surface area contributed by atoms with Crippen molar-refractivity contribution in [1.29, 1.82) is 0 Å². The van der Waals surface area contributed by atoms with E-state index in [0.717, 1.165) is 31.7 Å². The number of rotatable bonds is 3. The van der Waals surface area contributed by atoms with Crippen molar-refractivity contribution in [3.05, 3.63) is 59.1 Å². The summed E-state index contributed by atoms with van der Waals surface area (Å²) in [6.07, 6.45) is 11.5. The summed E-state index contributed by atoms with van der Waals surface area (Å²) in [6, 6.07) is 4.02. The Balaban J connectivity index is 1.47. The lowest BCUT2D eigenvalue weighted by Crippen LogP contribution is -2.34. The third-order valence-electron chi connectivity index (χ3n) is 4.94. The molecule has 0 fully saturated rings. The van der Waals surface area contributed by atoms with Gasteiger partial charge in [0.25, 0.3) is 0 Å². The highest BCUT2D eigenvalue weighted by Crippen LogP contribution is 2.35. The minimum Gasteiger partial charge on any atom is -0.506 e. The smallest absolute Gasteiger partial charge is 0.142 e. The van der Waals surface area contributed by atoms with Gasteiger partial charge < -0.3 is 10.4 Å². The second-order valence-electron chi connectivity index (χ2n) is 6.52. The van der Waals surface area contributed by atoms with E-state index >= 15 is 0 Å². The van der Waals surface area contributed by atoms with Gasteiger partial charge in [0.05, 0.1) is 18.0 Å². The van der Waals surface area contributed by atoms with Crippen LogP contribution in [0.25, 0.3) is 0 Å². The van der Waals surface area contributed by atoms with E-state index in [4.69, 9.17) is 0 Å². The fourth-order valence-corrected chi connectivity index (χ4v) is 3.80. The number of nitrogens with zero attached hydrogens (tertiary/aromatic N) is 3. The zero-order valence-corrected chi connectivity index (χ0v) is 13.8. The van der Waals surface area contributed by atoms with E-state index in [1.807, 2.05) is 6.07 Å². The van der Waals surface area contributed by atoms with Crippen LogP contribution in [0.3, 0.4) is 0 Å². The highest BCUT2D eigenvalue weighted by atomic mass is 16.3. The molecule has 1 aliphatic carbocycles. The monoisotopic (exact) mass is 322 g/mol. The van der Waals surface area contributed by atoms with E-state index in [1.54, 1.807) is 24.9 Å². The Morgan fingerprint density at radius 1 is 1.38 bits per heavy atom. The second-order valence-corrected chi connectivity index (χ2v) is 6.52. The highest BCUT2D eigenvalue weighted by Gasteiger charge is 2.34. The molecule has 4 rings (SSSR count). The first kappa shape index (κ1) is 15.1. The molecule has 0 aromatic carbocycles. The van der Waals surface area contributed by atoms with Crippen LogP contribution in [0, 0.1) is 5.92 Å². The molecule has 5 nitrogen and oxygen atoms in total. The normalized spacial score (nSPS) is 25.9. The maximum absolute atomic E-state index is 9.82. The van der Waals surface area contributed by atoms with Gasteiger partial charge in [0.1, 0.15) is 11.4 Å². The Morgan fingerprint density at radius 3 is 3.12 bits per heavy atom. The Kier molecular flexibility index (Phi) is 3.94. The van der Waals surface area contributed by atoms with Crippen LogP contribution in [0.2, 0.25) is 0 Å². The van der Waals surface area contributed by atoms with E-state index in [2.05, 4.69) is 44.5 Å². The summed E-state index contributed by atoms with van der Waals surface area (Å²) in [4.78, 5) is 10.9. The van der Waals surface area contributed by atoms with E-state index in [9.17, 15) is 5.11 Å². The van der Waals surface area contributed by atoms with E-state index in [0.29, 0.717) is 17.7 Å². The lowest BCUT2D eigenvalue weighted by Gasteiger charge is -2.28. The molecule has 124 valence electrons. The molecule has 1 aromatic rings. The molecule has 0 spiro atoms. The van der Waals surface area contributed by atoms with Crippen molar-refractivity contribution < 1.29 is 5.11 Å². The topological polar surface area (TPSA) is 60.8 Å². The Bertz CT molecular complexity index is 763. The summed E-state index contributed by atoms with van der Waals surface area (Å²) in [5, 5.41) is 13.5. The van der Waals surface area contributed by atoms with E-state index < -0.39 is 0 Å². The van der Waals surface area contributed by atoms with Crippen molar-refractivity contribution in [3.8, 4) is 5.75 Å². The zero-order chi connectivity index (χ0) is 16.5. The van der Waals surface area contributed by atoms with Gasteiger partial charge in [-0.3, -0.25) is 9.89 Å². The average molecular weight is 322 g/mol. The first-order chi connectivity index (χ1) is 11.7. The van der Waals surface area contributed by atoms with E-state index in [1.165, 1.54) is 5.70 Å². The average Bonchev–Trinajstić information content (AvgIpc) is 2.96. The second kappa shape index (κ2) is 6.24. The minimum absolute atomic E-state index is 0.174. The molecule has 2 atom stereocenters. The van der Waals surface area contributed by atoms with Gasteiger partial charge in [0, 0.05) is 38.3 Å². The van der Waals surface area contributed by atoms with Crippen LogP contribution in [0.1, 0.15) is 17.8 Å². The van der Waals surface area contributed by atoms with Gasteiger partial charge in [-0.15, -0.1) is 0 Å². The summed E-state index contributed by atoms with van der Waals surface area (Å²) in [5.74, 6) is 0.708. The molecule has 2 N–H and O–H groups in total. The molecule has 0 saturated carbocycles. The Morgan fingerprint density at radius 2 is 2.25 bits per heavy atom. The highest BCUT2D eigenvalue weighted by molar-refractivity contribution is 5.80. The quantitative estimate of drug-likeness (QED) is 0.836. The predicted molar refractivity (Wildman–Crippen MR) is 95.0 cm³/mol. The molecule has 2 unspecified atom stereocenters. The van der Waals surface area contributed by atoms with Gasteiger partial charge in [0.15, 0.2) is 0 Å². The van der Waals surface area contributed by atoms with Crippen LogP contribution in [0.4, 0.5) is 0 Å². The number of nitrogens with one attached hydrogen (secondary N) is 1. The van der Waals surface area contributed by atoms with Crippen molar-refractivity contribution in [2.75, 3.05) is 20.1 Å². The Labute approximate surface area is 142 Å². The van der Waals surface area contributed by atoms with Crippen molar-refractivity contribution in [2.24, 2.45) is 10.9 Å². The molecular formula is C19H22N4O. The molecule has 3 heterocycles. The maximum Gasteiger partial charge on any atom is 0.142 e. The van der Waals surface area contributed by atoms with Gasteiger partial charge in [-0.05, 0) is 24.1 Å². The lowest BCUT2D eigenvalue weighted by molar-refractivity contribution is 0.270. The van der Waals surface area contributed by atoms with Crippen molar-refractivity contribution >= 4 is 6.21 Å². The van der Waals surface area contributed by atoms with Crippen molar-refractivity contribution in [3.63, 3.8) is 0 Å². The van der Waals surface area contributed by atoms with Crippen molar-refractivity contribution in [2.45, 2.75) is 19.0 Å². The predicted octanol–water partition coefficient (Wildman–Crippen LogP) is 2.01. The fourth-order valence-electron chi connectivity index (χ4n) is 3.80. The summed E-state index contributed by atoms with van der Waals surface area (Å²) >= 11 is 0. The third kappa shape index (κ3) is 2.76. The van der Waals surface area contributed by atoms with Gasteiger partial charge in [-0.2, -0.15) is 0 Å². The van der Waals surface area contributed by atoms with Crippen LogP contribution >= 0.6 is 0 Å². The first-order valence-electron chi connectivity index (χ1n) is 8.41. The molecule has 0 radical (unpaired) electrons. The number of aliphatic imine (C=N–C) groups is 1. The Hall–Kier alpha value is -2.40. The van der Waals surface area contributed by atoms with Crippen molar-refractivity contribution in [1.82, 2.24) is 15.2 Å². The number of allylic oxidation sites excluding steroid dienone is 2. The molecule has 3 aliphatic rings. The standard InChI is InChI=1S/C19H22N4O/c1-20-10-17-19(24)7-6-13(21-17)11-23-9-8-15-14-4-2-3-5-16(14)22-18(15)12-23/h2-7,10,14,16,22,24H,8-9,11-12H2,1H3/b20-10+. The van der Waals surface area contributed by atoms with Gasteiger partial charge >= 0.3 is 0 Å². The van der Waals surface area contributed by atoms with Crippen LogP contribution in [-0.2, 0) is 6.54 Å². The van der Waals surface area contributed by atoms with E-state index in [-0.39, 0.29) is 5.75 Å². The third-order valence-corrected chi connectivity index (χ3v) is 4.94. The van der Waals surface area contributed by atoms with Crippen LogP contribution in [0.15, 0.2) is 52.7 Å². The number of hydrogen-bond acceptors (Lipinski definition) is 5. The molecule has 24 heavy (non-hydrogen) atoms. The van der Waals surface area contributed by atoms with Crippen LogP contribution in [0.5, 0.6) is 5.75 Å².